The van der Waals surface area contributed by atoms with Crippen LogP contribution in [0, 0.1) is 18.3 Å². The molecule has 1 aliphatic heterocycles. The molecule has 0 bridgehead atoms. The van der Waals surface area contributed by atoms with Gasteiger partial charge in [-0.1, -0.05) is 57.7 Å². The molecule has 0 aliphatic carbocycles. The Balaban J connectivity index is 0.000000394. The van der Waals surface area contributed by atoms with Crippen molar-refractivity contribution in [1.82, 2.24) is 0 Å². The fourth-order valence-corrected chi connectivity index (χ4v) is 6.22. The Bertz CT molecular complexity index is 962. The first-order valence-corrected chi connectivity index (χ1v) is 15.9. The lowest BCUT2D eigenvalue weighted by Crippen LogP contribution is -2.24. The summed E-state index contributed by atoms with van der Waals surface area (Å²) in [6.45, 7) is 6.10. The number of guanidine groups is 1. The standard InChI is InChI=1S/C20H33NS.C12H19N3O.C2H2/c1-5-7-12-20(13-8-6-2)14-11-17-15-18(21(3)4)9-10-19(17)22-16-20;13-12(14)15-9-5-2-6-10-16-11-7-3-1-4-8-11;1-2/h9-10,15H,5-8,11-14,16H2,1-4H3;1,3-4,7-8H,2,5-6,9-10H2,(H4,13,14,15);1-2H. The molecule has 0 spiro atoms. The van der Waals surface area contributed by atoms with Crippen molar-refractivity contribution in [2.24, 2.45) is 21.9 Å². The molecule has 0 atom stereocenters. The van der Waals surface area contributed by atoms with E-state index in [1.54, 1.807) is 5.56 Å². The molecule has 0 saturated heterocycles. The smallest absolute Gasteiger partial charge is 0.185 e. The van der Waals surface area contributed by atoms with Crippen LogP contribution in [0.3, 0.4) is 0 Å². The summed E-state index contributed by atoms with van der Waals surface area (Å²) in [6.07, 6.45) is 22.0. The molecule has 1 aliphatic rings. The Labute approximate surface area is 249 Å². The largest absolute Gasteiger partial charge is 0.494 e. The van der Waals surface area contributed by atoms with Crippen LogP contribution in [0.15, 0.2) is 58.4 Å². The molecule has 0 radical (unpaired) electrons. The Morgan fingerprint density at radius 3 is 2.23 bits per heavy atom. The molecule has 0 aromatic heterocycles. The predicted molar refractivity (Wildman–Crippen MR) is 178 cm³/mol. The maximum Gasteiger partial charge on any atom is 0.185 e. The van der Waals surface area contributed by atoms with E-state index in [0.29, 0.717) is 12.0 Å². The van der Waals surface area contributed by atoms with Crippen molar-refractivity contribution in [2.75, 3.05) is 37.9 Å². The van der Waals surface area contributed by atoms with Gasteiger partial charge in [0.25, 0.3) is 0 Å². The second-order valence-electron chi connectivity index (χ2n) is 10.7. The van der Waals surface area contributed by atoms with Crippen LogP contribution in [-0.4, -0.2) is 39.0 Å². The van der Waals surface area contributed by atoms with E-state index in [0.717, 1.165) is 31.6 Å². The van der Waals surface area contributed by atoms with Crippen molar-refractivity contribution >= 4 is 23.4 Å². The van der Waals surface area contributed by atoms with Crippen molar-refractivity contribution < 1.29 is 4.74 Å². The highest BCUT2D eigenvalue weighted by molar-refractivity contribution is 7.99. The van der Waals surface area contributed by atoms with Crippen molar-refractivity contribution in [3.05, 3.63) is 54.1 Å². The van der Waals surface area contributed by atoms with Crippen LogP contribution in [0.2, 0.25) is 0 Å². The number of para-hydroxylation sites is 1. The summed E-state index contributed by atoms with van der Waals surface area (Å²) >= 11 is 2.12. The predicted octanol–water partition coefficient (Wildman–Crippen LogP) is 7.92. The number of nitrogens with two attached hydrogens (primary N) is 2. The minimum Gasteiger partial charge on any atom is -0.494 e. The second-order valence-corrected chi connectivity index (χ2v) is 11.7. The van der Waals surface area contributed by atoms with Crippen LogP contribution in [0.25, 0.3) is 0 Å². The second kappa shape index (κ2) is 21.0. The highest BCUT2D eigenvalue weighted by Crippen LogP contribution is 2.45. The topological polar surface area (TPSA) is 76.9 Å². The number of hydrogen-bond acceptors (Lipinski definition) is 4. The highest BCUT2D eigenvalue weighted by Gasteiger charge is 2.31. The maximum absolute atomic E-state index is 5.55. The van der Waals surface area contributed by atoms with Gasteiger partial charge in [-0.3, -0.25) is 4.99 Å². The lowest BCUT2D eigenvalue weighted by molar-refractivity contribution is 0.244. The lowest BCUT2D eigenvalue weighted by Gasteiger charge is -2.32. The molecule has 0 amide bonds. The van der Waals surface area contributed by atoms with E-state index in [4.69, 9.17) is 16.2 Å². The lowest BCUT2D eigenvalue weighted by atomic mass is 9.75. The van der Waals surface area contributed by atoms with Crippen LogP contribution in [-0.2, 0) is 6.42 Å². The number of aliphatic imine (C=N–C) groups is 1. The van der Waals surface area contributed by atoms with Crippen molar-refractivity contribution in [3.63, 3.8) is 0 Å². The molecule has 2 aromatic rings. The number of thioether (sulfide) groups is 1. The van der Waals surface area contributed by atoms with E-state index < -0.39 is 0 Å². The van der Waals surface area contributed by atoms with Crippen LogP contribution >= 0.6 is 11.8 Å². The van der Waals surface area contributed by atoms with Crippen molar-refractivity contribution in [1.29, 1.82) is 0 Å². The molecule has 0 unspecified atom stereocenters. The van der Waals surface area contributed by atoms with E-state index in [-0.39, 0.29) is 5.96 Å². The van der Waals surface area contributed by atoms with Gasteiger partial charge in [0, 0.05) is 37.0 Å². The highest BCUT2D eigenvalue weighted by atomic mass is 32.2. The van der Waals surface area contributed by atoms with E-state index >= 15 is 0 Å². The van der Waals surface area contributed by atoms with Gasteiger partial charge >= 0.3 is 0 Å². The summed E-state index contributed by atoms with van der Waals surface area (Å²) in [4.78, 5) is 7.66. The minimum absolute atomic E-state index is 0.167. The number of benzene rings is 2. The molecule has 222 valence electrons. The molecule has 5 nitrogen and oxygen atoms in total. The average molecular weight is 567 g/mol. The summed E-state index contributed by atoms with van der Waals surface area (Å²) in [6, 6.07) is 16.9. The number of anilines is 1. The van der Waals surface area contributed by atoms with Crippen LogP contribution in [0.5, 0.6) is 5.75 Å². The van der Waals surface area contributed by atoms with Gasteiger partial charge in [0.15, 0.2) is 5.96 Å². The summed E-state index contributed by atoms with van der Waals surface area (Å²) in [7, 11) is 4.27. The molecule has 2 aromatic carbocycles. The van der Waals surface area contributed by atoms with E-state index in [1.165, 1.54) is 67.7 Å². The summed E-state index contributed by atoms with van der Waals surface area (Å²) in [5.74, 6) is 2.41. The number of aryl methyl sites for hydroxylation is 1. The first kappa shape index (κ1) is 35.2. The van der Waals surface area contributed by atoms with Gasteiger partial charge in [0.05, 0.1) is 6.61 Å². The summed E-state index contributed by atoms with van der Waals surface area (Å²) < 4.78 is 5.55. The van der Waals surface area contributed by atoms with Gasteiger partial charge in [-0.05, 0) is 86.3 Å². The first-order chi connectivity index (χ1) is 19.4. The Hall–Kier alpha value is -2.78. The van der Waals surface area contributed by atoms with Gasteiger partial charge < -0.3 is 21.1 Å². The van der Waals surface area contributed by atoms with E-state index in [9.17, 15) is 0 Å². The Kier molecular flexibility index (Phi) is 18.5. The average Bonchev–Trinajstić information content (AvgIpc) is 3.16. The normalized spacial score (nSPS) is 13.2. The third-order valence-corrected chi connectivity index (χ3v) is 8.72. The third-order valence-electron chi connectivity index (χ3n) is 7.25. The molecule has 40 heavy (non-hydrogen) atoms. The molecule has 6 heteroatoms. The van der Waals surface area contributed by atoms with E-state index in [1.807, 2.05) is 30.3 Å². The van der Waals surface area contributed by atoms with Gasteiger partial charge in [-0.15, -0.1) is 24.6 Å². The number of terminal acetylenes is 1. The number of rotatable bonds is 14. The van der Waals surface area contributed by atoms with E-state index in [2.05, 4.69) is 80.6 Å². The molecule has 3 rings (SSSR count). The SMILES string of the molecule is C#C.CCCCC1(CCCC)CCc2cc(N(C)C)ccc2SC1.NC(N)=NCCCCCOc1ccccc1. The number of nitrogens with zero attached hydrogens (tertiary/aromatic N) is 2. The molecular weight excluding hydrogens is 512 g/mol. The Morgan fingerprint density at radius 2 is 1.62 bits per heavy atom. The van der Waals surface area contributed by atoms with Crippen molar-refractivity contribution in [2.45, 2.75) is 89.4 Å². The molecule has 0 fully saturated rings. The molecule has 0 saturated carbocycles. The molecular formula is C34H54N4OS. The number of ether oxygens (including phenoxy) is 1. The number of hydrogen-bond donors (Lipinski definition) is 2. The molecule has 4 N–H and O–H groups in total. The molecule has 1 heterocycles. The zero-order valence-electron chi connectivity index (χ0n) is 25.5. The van der Waals surface area contributed by atoms with Crippen LogP contribution in [0.4, 0.5) is 5.69 Å². The third kappa shape index (κ3) is 14.0. The minimum atomic E-state index is 0.167. The first-order valence-electron chi connectivity index (χ1n) is 14.9. The maximum atomic E-state index is 5.55. The van der Waals surface area contributed by atoms with Gasteiger partial charge in [-0.25, -0.2) is 0 Å². The van der Waals surface area contributed by atoms with Gasteiger partial charge in [-0.2, -0.15) is 0 Å². The zero-order chi connectivity index (χ0) is 29.6. The van der Waals surface area contributed by atoms with Crippen LogP contribution < -0.4 is 21.1 Å². The monoisotopic (exact) mass is 566 g/mol. The Morgan fingerprint density at radius 1 is 0.950 bits per heavy atom. The summed E-state index contributed by atoms with van der Waals surface area (Å²) in [5, 5.41) is 0. The van der Waals surface area contributed by atoms with Gasteiger partial charge in [0.2, 0.25) is 0 Å². The number of unbranched alkanes of at least 4 members (excludes halogenated alkanes) is 4. The fraction of sp³-hybridized carbons (Fsp3) is 0.559. The van der Waals surface area contributed by atoms with Crippen LogP contribution in [0.1, 0.15) is 83.6 Å². The van der Waals surface area contributed by atoms with Crippen molar-refractivity contribution in [3.8, 4) is 18.6 Å². The number of fused-ring (bicyclic) bond motifs is 1. The summed E-state index contributed by atoms with van der Waals surface area (Å²) in [5.41, 5.74) is 13.9. The van der Waals surface area contributed by atoms with Gasteiger partial charge in [0.1, 0.15) is 5.75 Å². The zero-order valence-corrected chi connectivity index (χ0v) is 26.4. The quantitative estimate of drug-likeness (QED) is 0.105. The fourth-order valence-electron chi connectivity index (χ4n) is 4.81.